The molecule has 0 aliphatic carbocycles. The van der Waals surface area contributed by atoms with Gasteiger partial charge in [-0.05, 0) is 24.0 Å². The summed E-state index contributed by atoms with van der Waals surface area (Å²) in [6.07, 6.45) is 2.08. The molecule has 1 fully saturated rings. The van der Waals surface area contributed by atoms with Gasteiger partial charge in [0.25, 0.3) is 0 Å². The zero-order valence-electron chi connectivity index (χ0n) is 11.1. The number of benzene rings is 1. The van der Waals surface area contributed by atoms with E-state index in [1.54, 1.807) is 0 Å². The molecular formula is C15H19NO3. The van der Waals surface area contributed by atoms with E-state index in [9.17, 15) is 9.59 Å². The molecule has 1 amide bonds. The minimum atomic E-state index is -0.826. The molecule has 0 saturated carbocycles. The van der Waals surface area contributed by atoms with E-state index in [1.165, 1.54) is 0 Å². The molecule has 1 unspecified atom stereocenters. The topological polar surface area (TPSA) is 57.6 Å². The number of amides is 1. The largest absolute Gasteiger partial charge is 0.481 e. The second kappa shape index (κ2) is 5.87. The number of piperidine rings is 1. The van der Waals surface area contributed by atoms with Gasteiger partial charge in [0.2, 0.25) is 5.91 Å². The molecule has 1 aliphatic heterocycles. The lowest BCUT2D eigenvalue weighted by molar-refractivity contribution is -0.138. The van der Waals surface area contributed by atoms with E-state index in [0.717, 1.165) is 30.5 Å². The fraction of sp³-hybridized carbons (Fsp3) is 0.467. The van der Waals surface area contributed by atoms with Crippen molar-refractivity contribution >= 4 is 11.9 Å². The SMILES string of the molecule is CC1CCCN(Cc2ccc(CC(=O)O)cc2)C1=O. The molecule has 0 aromatic heterocycles. The van der Waals surface area contributed by atoms with Crippen molar-refractivity contribution in [2.24, 2.45) is 5.92 Å². The first-order valence-corrected chi connectivity index (χ1v) is 6.64. The number of hydrogen-bond acceptors (Lipinski definition) is 2. The van der Waals surface area contributed by atoms with Crippen molar-refractivity contribution < 1.29 is 14.7 Å². The van der Waals surface area contributed by atoms with Gasteiger partial charge in [-0.2, -0.15) is 0 Å². The number of likely N-dealkylation sites (tertiary alicyclic amines) is 1. The van der Waals surface area contributed by atoms with Crippen LogP contribution < -0.4 is 0 Å². The Bertz CT molecular complexity index is 467. The highest BCUT2D eigenvalue weighted by molar-refractivity contribution is 5.79. The smallest absolute Gasteiger partial charge is 0.307 e. The maximum Gasteiger partial charge on any atom is 0.307 e. The van der Waals surface area contributed by atoms with Crippen LogP contribution in [0.2, 0.25) is 0 Å². The van der Waals surface area contributed by atoms with E-state index < -0.39 is 5.97 Å². The number of aliphatic carboxylic acids is 1. The molecule has 1 saturated heterocycles. The Hall–Kier alpha value is -1.84. The van der Waals surface area contributed by atoms with Crippen molar-refractivity contribution in [1.29, 1.82) is 0 Å². The van der Waals surface area contributed by atoms with Crippen molar-refractivity contribution in [2.45, 2.75) is 32.7 Å². The van der Waals surface area contributed by atoms with E-state index in [2.05, 4.69) is 0 Å². The quantitative estimate of drug-likeness (QED) is 0.902. The van der Waals surface area contributed by atoms with Crippen LogP contribution >= 0.6 is 0 Å². The molecular weight excluding hydrogens is 242 g/mol. The molecule has 1 N–H and O–H groups in total. The summed E-state index contributed by atoms with van der Waals surface area (Å²) in [5, 5.41) is 8.71. The lowest BCUT2D eigenvalue weighted by Gasteiger charge is -2.30. The predicted molar refractivity (Wildman–Crippen MR) is 71.6 cm³/mol. The van der Waals surface area contributed by atoms with Crippen LogP contribution in [0.3, 0.4) is 0 Å². The van der Waals surface area contributed by atoms with E-state index >= 15 is 0 Å². The highest BCUT2D eigenvalue weighted by atomic mass is 16.4. The van der Waals surface area contributed by atoms with E-state index in [1.807, 2.05) is 36.1 Å². The Labute approximate surface area is 113 Å². The van der Waals surface area contributed by atoms with Crippen LogP contribution in [0.25, 0.3) is 0 Å². The highest BCUT2D eigenvalue weighted by Crippen LogP contribution is 2.19. The standard InChI is InChI=1S/C15H19NO3/c1-11-3-2-8-16(15(11)19)10-13-6-4-12(5-7-13)9-14(17)18/h4-7,11H,2-3,8-10H2,1H3,(H,17,18). The minimum absolute atomic E-state index is 0.0416. The first-order chi connectivity index (χ1) is 9.06. The van der Waals surface area contributed by atoms with E-state index in [4.69, 9.17) is 5.11 Å². The van der Waals surface area contributed by atoms with Crippen LogP contribution in [0.4, 0.5) is 0 Å². The van der Waals surface area contributed by atoms with Gasteiger partial charge in [-0.3, -0.25) is 9.59 Å². The molecule has 1 atom stereocenters. The average Bonchev–Trinajstić information content (AvgIpc) is 2.37. The third-order valence-corrected chi connectivity index (χ3v) is 3.55. The van der Waals surface area contributed by atoms with Gasteiger partial charge in [0.1, 0.15) is 0 Å². The van der Waals surface area contributed by atoms with Gasteiger partial charge < -0.3 is 10.0 Å². The van der Waals surface area contributed by atoms with Crippen molar-refractivity contribution in [3.05, 3.63) is 35.4 Å². The average molecular weight is 261 g/mol. The summed E-state index contributed by atoms with van der Waals surface area (Å²) < 4.78 is 0. The number of nitrogens with zero attached hydrogens (tertiary/aromatic N) is 1. The van der Waals surface area contributed by atoms with Gasteiger partial charge in [0.15, 0.2) is 0 Å². The lowest BCUT2D eigenvalue weighted by Crippen LogP contribution is -2.39. The molecule has 1 aromatic carbocycles. The van der Waals surface area contributed by atoms with E-state index in [0.29, 0.717) is 6.54 Å². The van der Waals surface area contributed by atoms with Crippen LogP contribution in [0, 0.1) is 5.92 Å². The lowest BCUT2D eigenvalue weighted by atomic mass is 9.98. The van der Waals surface area contributed by atoms with Crippen LogP contribution in [-0.4, -0.2) is 28.4 Å². The Morgan fingerprint density at radius 3 is 2.58 bits per heavy atom. The molecule has 1 heterocycles. The predicted octanol–water partition coefficient (Wildman–Crippen LogP) is 2.07. The Kier molecular flexibility index (Phi) is 4.20. The summed E-state index contributed by atoms with van der Waals surface area (Å²) in [6, 6.07) is 7.46. The Morgan fingerprint density at radius 2 is 1.95 bits per heavy atom. The number of rotatable bonds is 4. The van der Waals surface area contributed by atoms with Crippen molar-refractivity contribution in [1.82, 2.24) is 4.90 Å². The van der Waals surface area contributed by atoms with Gasteiger partial charge in [0, 0.05) is 19.0 Å². The van der Waals surface area contributed by atoms with Crippen molar-refractivity contribution in [3.8, 4) is 0 Å². The van der Waals surface area contributed by atoms with Gasteiger partial charge in [0.05, 0.1) is 6.42 Å². The fourth-order valence-electron chi connectivity index (χ4n) is 2.45. The Balaban J connectivity index is 1.99. The zero-order valence-corrected chi connectivity index (χ0v) is 11.1. The molecule has 0 radical (unpaired) electrons. The van der Waals surface area contributed by atoms with Crippen LogP contribution in [-0.2, 0) is 22.6 Å². The molecule has 102 valence electrons. The molecule has 0 bridgehead atoms. The summed E-state index contributed by atoms with van der Waals surface area (Å²) in [6.45, 7) is 3.42. The normalized spacial score (nSPS) is 19.5. The third-order valence-electron chi connectivity index (χ3n) is 3.55. The number of hydrogen-bond donors (Lipinski definition) is 1. The van der Waals surface area contributed by atoms with E-state index in [-0.39, 0.29) is 18.2 Å². The molecule has 19 heavy (non-hydrogen) atoms. The zero-order chi connectivity index (χ0) is 13.8. The number of carboxylic acids is 1. The van der Waals surface area contributed by atoms with Crippen LogP contribution in [0.15, 0.2) is 24.3 Å². The number of carbonyl (C=O) groups is 2. The van der Waals surface area contributed by atoms with Gasteiger partial charge >= 0.3 is 5.97 Å². The molecule has 1 aliphatic rings. The first kappa shape index (κ1) is 13.6. The van der Waals surface area contributed by atoms with Gasteiger partial charge in [-0.25, -0.2) is 0 Å². The van der Waals surface area contributed by atoms with Crippen molar-refractivity contribution in [3.63, 3.8) is 0 Å². The van der Waals surface area contributed by atoms with Gasteiger partial charge in [-0.15, -0.1) is 0 Å². The second-order valence-corrected chi connectivity index (χ2v) is 5.19. The molecule has 2 rings (SSSR count). The molecule has 4 heteroatoms. The number of carbonyl (C=O) groups excluding carboxylic acids is 1. The van der Waals surface area contributed by atoms with Gasteiger partial charge in [-0.1, -0.05) is 31.2 Å². The maximum absolute atomic E-state index is 12.0. The molecule has 1 aromatic rings. The highest BCUT2D eigenvalue weighted by Gasteiger charge is 2.24. The first-order valence-electron chi connectivity index (χ1n) is 6.64. The number of carboxylic acid groups (broad SMARTS) is 1. The minimum Gasteiger partial charge on any atom is -0.481 e. The van der Waals surface area contributed by atoms with Crippen molar-refractivity contribution in [2.75, 3.05) is 6.54 Å². The monoisotopic (exact) mass is 261 g/mol. The summed E-state index contributed by atoms with van der Waals surface area (Å²) in [4.78, 5) is 24.5. The fourth-order valence-corrected chi connectivity index (χ4v) is 2.45. The van der Waals surface area contributed by atoms with Crippen LogP contribution in [0.1, 0.15) is 30.9 Å². The maximum atomic E-state index is 12.0. The Morgan fingerprint density at radius 1 is 1.32 bits per heavy atom. The second-order valence-electron chi connectivity index (χ2n) is 5.19. The third kappa shape index (κ3) is 3.56. The summed E-state index contributed by atoms with van der Waals surface area (Å²) >= 11 is 0. The summed E-state index contributed by atoms with van der Waals surface area (Å²) in [5.74, 6) is -0.478. The summed E-state index contributed by atoms with van der Waals surface area (Å²) in [5.41, 5.74) is 1.84. The molecule has 0 spiro atoms. The molecule has 4 nitrogen and oxygen atoms in total. The van der Waals surface area contributed by atoms with Crippen LogP contribution in [0.5, 0.6) is 0 Å². The summed E-state index contributed by atoms with van der Waals surface area (Å²) in [7, 11) is 0.